The van der Waals surface area contributed by atoms with Crippen molar-refractivity contribution in [1.82, 2.24) is 9.80 Å². The van der Waals surface area contributed by atoms with Crippen LogP contribution in [0.15, 0.2) is 29.8 Å². The maximum atomic E-state index is 13.0. The Labute approximate surface area is 183 Å². The molecule has 0 aromatic heterocycles. The van der Waals surface area contributed by atoms with E-state index in [1.165, 1.54) is 0 Å². The van der Waals surface area contributed by atoms with E-state index in [1.807, 2.05) is 40.0 Å². The first kappa shape index (κ1) is 23.1. The van der Waals surface area contributed by atoms with Gasteiger partial charge < -0.3 is 24.2 Å². The van der Waals surface area contributed by atoms with Gasteiger partial charge >= 0.3 is 12.1 Å². The second kappa shape index (κ2) is 9.28. The largest absolute Gasteiger partial charge is 0.468 e. The molecule has 2 heterocycles. The molecule has 8 nitrogen and oxygen atoms in total. The van der Waals surface area contributed by atoms with Crippen molar-refractivity contribution in [3.63, 3.8) is 0 Å². The highest BCUT2D eigenvalue weighted by atomic mass is 16.6. The summed E-state index contributed by atoms with van der Waals surface area (Å²) in [7, 11) is 1.98. The Kier molecular flexibility index (Phi) is 6.91. The second-order valence-electron chi connectivity index (χ2n) is 8.84. The molecule has 0 spiro atoms. The molecule has 0 saturated carbocycles. The van der Waals surface area contributed by atoms with Gasteiger partial charge in [-0.05, 0) is 64.4 Å². The fourth-order valence-corrected chi connectivity index (χ4v) is 4.14. The van der Waals surface area contributed by atoms with Gasteiger partial charge in [-0.25, -0.2) is 9.59 Å². The van der Waals surface area contributed by atoms with Crippen molar-refractivity contribution in [2.24, 2.45) is 0 Å². The molecule has 1 N–H and O–H groups in total. The number of aliphatic hydroxyl groups is 1. The lowest BCUT2D eigenvalue weighted by Crippen LogP contribution is -2.62. The van der Waals surface area contributed by atoms with Gasteiger partial charge in [0.15, 0.2) is 6.79 Å². The van der Waals surface area contributed by atoms with Gasteiger partial charge in [-0.15, -0.1) is 0 Å². The molecule has 2 aliphatic rings. The van der Waals surface area contributed by atoms with Crippen molar-refractivity contribution in [3.8, 4) is 5.75 Å². The summed E-state index contributed by atoms with van der Waals surface area (Å²) >= 11 is 0. The third kappa shape index (κ3) is 5.19. The zero-order valence-electron chi connectivity index (χ0n) is 18.9. The van der Waals surface area contributed by atoms with Gasteiger partial charge in [-0.2, -0.15) is 0 Å². The molecule has 1 aromatic carbocycles. The summed E-state index contributed by atoms with van der Waals surface area (Å²) in [5.41, 5.74) is 1.82. The van der Waals surface area contributed by atoms with Crippen molar-refractivity contribution in [3.05, 3.63) is 35.4 Å². The van der Waals surface area contributed by atoms with Crippen molar-refractivity contribution in [1.29, 1.82) is 0 Å². The van der Waals surface area contributed by atoms with Crippen molar-refractivity contribution in [2.75, 3.05) is 33.5 Å². The summed E-state index contributed by atoms with van der Waals surface area (Å²) in [4.78, 5) is 29.6. The number of hydrogen-bond acceptors (Lipinski definition) is 7. The van der Waals surface area contributed by atoms with Crippen LogP contribution in [0.5, 0.6) is 5.75 Å². The molecule has 3 rings (SSSR count). The van der Waals surface area contributed by atoms with E-state index in [-0.39, 0.29) is 30.8 Å². The minimum absolute atomic E-state index is 0.0489. The van der Waals surface area contributed by atoms with E-state index in [0.717, 1.165) is 11.1 Å². The average Bonchev–Trinajstić information content (AvgIpc) is 2.67. The fraction of sp³-hybridized carbons (Fsp3) is 0.565. The highest BCUT2D eigenvalue weighted by Gasteiger charge is 2.44. The van der Waals surface area contributed by atoms with Crippen molar-refractivity contribution in [2.45, 2.75) is 51.8 Å². The predicted molar refractivity (Wildman–Crippen MR) is 115 cm³/mol. The Morgan fingerprint density at radius 3 is 2.42 bits per heavy atom. The normalized spacial score (nSPS) is 21.7. The fourth-order valence-electron chi connectivity index (χ4n) is 4.14. The van der Waals surface area contributed by atoms with Gasteiger partial charge in [0.05, 0.1) is 18.2 Å². The van der Waals surface area contributed by atoms with Crippen LogP contribution in [0.4, 0.5) is 4.79 Å². The minimum atomic E-state index is -0.584. The highest BCUT2D eigenvalue weighted by molar-refractivity contribution is 6.00. The Morgan fingerprint density at radius 1 is 1.16 bits per heavy atom. The van der Waals surface area contributed by atoms with Crippen LogP contribution in [0.1, 0.15) is 39.7 Å². The number of benzene rings is 1. The molecule has 31 heavy (non-hydrogen) atoms. The molecule has 2 unspecified atom stereocenters. The molecule has 2 aliphatic heterocycles. The number of amides is 1. The lowest BCUT2D eigenvalue weighted by atomic mass is 9.82. The smallest absolute Gasteiger partial charge is 0.410 e. The first-order chi connectivity index (χ1) is 14.6. The lowest BCUT2D eigenvalue weighted by Gasteiger charge is -2.49. The van der Waals surface area contributed by atoms with E-state index in [4.69, 9.17) is 19.3 Å². The van der Waals surface area contributed by atoms with E-state index < -0.39 is 12.4 Å². The topological polar surface area (TPSA) is 88.5 Å². The number of rotatable bonds is 5. The molecule has 2 bridgehead atoms. The van der Waals surface area contributed by atoms with Crippen LogP contribution < -0.4 is 4.74 Å². The molecule has 2 atom stereocenters. The molecule has 1 amide bonds. The number of fused-ring (bicyclic) bond motifs is 2. The number of aliphatic hydroxyl groups excluding tert-OH is 1. The summed E-state index contributed by atoms with van der Waals surface area (Å²) in [5, 5.41) is 8.95. The molecular formula is C23H32N2O6. The third-order valence-corrected chi connectivity index (χ3v) is 5.57. The van der Waals surface area contributed by atoms with E-state index in [9.17, 15) is 9.59 Å². The minimum Gasteiger partial charge on any atom is -0.468 e. The first-order valence-electron chi connectivity index (χ1n) is 10.6. The van der Waals surface area contributed by atoms with Gasteiger partial charge in [-0.3, -0.25) is 4.90 Å². The van der Waals surface area contributed by atoms with Crippen LogP contribution in [0, 0.1) is 0 Å². The van der Waals surface area contributed by atoms with E-state index in [0.29, 0.717) is 30.8 Å². The van der Waals surface area contributed by atoms with Crippen molar-refractivity contribution >= 4 is 17.6 Å². The summed E-state index contributed by atoms with van der Waals surface area (Å²) in [5.74, 6) is 0.184. The first-order valence-corrected chi connectivity index (χ1v) is 10.6. The van der Waals surface area contributed by atoms with Gasteiger partial charge in [0, 0.05) is 19.1 Å². The number of carbonyl (C=O) groups is 2. The van der Waals surface area contributed by atoms with Crippen LogP contribution >= 0.6 is 0 Å². The molecule has 0 radical (unpaired) electrons. The summed E-state index contributed by atoms with van der Waals surface area (Å²) in [6.07, 6.45) is 0.230. The average molecular weight is 433 g/mol. The van der Waals surface area contributed by atoms with E-state index >= 15 is 0 Å². The Hall–Kier alpha value is -2.58. The predicted octanol–water partition coefficient (Wildman–Crippen LogP) is 2.66. The van der Waals surface area contributed by atoms with Crippen LogP contribution in [-0.4, -0.2) is 78.2 Å². The summed E-state index contributed by atoms with van der Waals surface area (Å²) in [6, 6.07) is 7.05. The van der Waals surface area contributed by atoms with Crippen LogP contribution in [0.3, 0.4) is 0 Å². The molecule has 170 valence electrons. The van der Waals surface area contributed by atoms with Crippen LogP contribution in [0.25, 0.3) is 5.57 Å². The third-order valence-electron chi connectivity index (χ3n) is 5.57. The molecule has 8 heteroatoms. The number of hydrogen-bond donors (Lipinski definition) is 1. The van der Waals surface area contributed by atoms with Crippen LogP contribution in [-0.2, 0) is 14.3 Å². The maximum Gasteiger partial charge on any atom is 0.410 e. The van der Waals surface area contributed by atoms with Crippen LogP contribution in [0.2, 0.25) is 0 Å². The molecule has 1 aromatic rings. The number of nitrogens with zero attached hydrogens (tertiary/aromatic N) is 2. The Balaban J connectivity index is 1.97. The molecular weight excluding hydrogens is 400 g/mol. The molecule has 0 aliphatic carbocycles. The quantitative estimate of drug-likeness (QED) is 0.565. The zero-order valence-corrected chi connectivity index (χ0v) is 18.9. The molecule has 1 fully saturated rings. The van der Waals surface area contributed by atoms with Gasteiger partial charge in [0.25, 0.3) is 0 Å². The van der Waals surface area contributed by atoms with Gasteiger partial charge in [-0.1, -0.05) is 12.1 Å². The van der Waals surface area contributed by atoms with Crippen molar-refractivity contribution < 1.29 is 28.9 Å². The number of ether oxygens (including phenoxy) is 3. The summed E-state index contributed by atoms with van der Waals surface area (Å²) < 4.78 is 16.1. The Morgan fingerprint density at radius 2 is 1.84 bits per heavy atom. The summed E-state index contributed by atoms with van der Waals surface area (Å²) in [6.45, 7) is 8.05. The lowest BCUT2D eigenvalue weighted by molar-refractivity contribution is -0.140. The van der Waals surface area contributed by atoms with E-state index in [1.54, 1.807) is 24.0 Å². The SMILES string of the molecule is CCOC(=O)C1=C(c2ccc(OCO)cc2)CC2CN(C(=O)OC(C)(C)C)CC1N2C. The second-order valence-corrected chi connectivity index (χ2v) is 8.84. The number of carbonyl (C=O) groups excluding carboxylic acids is 2. The zero-order chi connectivity index (χ0) is 22.8. The Bertz CT molecular complexity index is 843. The number of piperazine rings is 1. The van der Waals surface area contributed by atoms with Gasteiger partial charge in [0.1, 0.15) is 11.4 Å². The van der Waals surface area contributed by atoms with E-state index in [2.05, 4.69) is 4.90 Å². The number of esters is 1. The number of likely N-dealkylation sites (N-methyl/N-ethyl adjacent to an activating group) is 1. The van der Waals surface area contributed by atoms with Gasteiger partial charge in [0.2, 0.25) is 0 Å². The standard InChI is InChI=1S/C23H32N2O6/c1-6-29-21(27)20-18(15-7-9-17(10-8-15)30-14-26)11-16-12-25(13-19(20)24(16)5)22(28)31-23(2,3)4/h7-10,16,19,26H,6,11-14H2,1-5H3. The highest BCUT2D eigenvalue weighted by Crippen LogP contribution is 2.38. The molecule has 1 saturated heterocycles. The monoisotopic (exact) mass is 432 g/mol. The maximum absolute atomic E-state index is 13.0.